The van der Waals surface area contributed by atoms with Crippen LogP contribution in [0, 0.1) is 12.3 Å². The number of hydrogen-bond acceptors (Lipinski definition) is 2. The first-order valence-corrected chi connectivity index (χ1v) is 4.85. The molecule has 1 aliphatic carbocycles. The molecule has 0 heterocycles. The number of rotatable bonds is 2. The minimum absolute atomic E-state index is 0.308. The molecule has 2 N–H and O–H groups in total. The third kappa shape index (κ3) is 1.52. The number of nitrogens with two attached hydrogens (primary N) is 1. The van der Waals surface area contributed by atoms with Crippen LogP contribution in [0.15, 0.2) is 24.3 Å². The van der Waals surface area contributed by atoms with Crippen molar-refractivity contribution >= 4 is 0 Å². The van der Waals surface area contributed by atoms with Gasteiger partial charge in [-0.15, -0.1) is 6.42 Å². The summed E-state index contributed by atoms with van der Waals surface area (Å²) < 4.78 is 0. The molecule has 0 bridgehead atoms. The van der Waals surface area contributed by atoms with E-state index in [1.165, 1.54) is 11.1 Å². The lowest BCUT2D eigenvalue weighted by Crippen LogP contribution is -2.34. The first-order valence-electron chi connectivity index (χ1n) is 4.85. The van der Waals surface area contributed by atoms with Crippen LogP contribution in [-0.2, 0) is 6.42 Å². The lowest BCUT2D eigenvalue weighted by molar-refractivity contribution is 0.228. The van der Waals surface area contributed by atoms with E-state index in [4.69, 9.17) is 12.3 Å². The van der Waals surface area contributed by atoms with E-state index < -0.39 is 0 Å². The summed E-state index contributed by atoms with van der Waals surface area (Å²) in [5.41, 5.74) is 2.75. The maximum Gasteiger partial charge on any atom is 0.0744 e. The van der Waals surface area contributed by atoms with Crippen molar-refractivity contribution in [3.05, 3.63) is 35.4 Å². The molecule has 1 atom stereocenters. The van der Waals surface area contributed by atoms with Crippen LogP contribution in [0.1, 0.15) is 23.6 Å². The lowest BCUT2D eigenvalue weighted by Gasteiger charge is -2.22. The first kappa shape index (κ1) is 9.26. The molecule has 14 heavy (non-hydrogen) atoms. The highest BCUT2D eigenvalue weighted by Gasteiger charge is 2.25. The molecule has 0 spiro atoms. The van der Waals surface area contributed by atoms with Crippen molar-refractivity contribution in [3.8, 4) is 12.3 Å². The van der Waals surface area contributed by atoms with Gasteiger partial charge >= 0.3 is 0 Å². The fourth-order valence-corrected chi connectivity index (χ4v) is 2.09. The molecule has 72 valence electrons. The number of terminal acetylenes is 1. The maximum absolute atomic E-state index is 5.90. The summed E-state index contributed by atoms with van der Waals surface area (Å²) in [6, 6.07) is 8.74. The van der Waals surface area contributed by atoms with Crippen molar-refractivity contribution < 1.29 is 0 Å². The van der Waals surface area contributed by atoms with E-state index in [0.29, 0.717) is 12.6 Å². The minimum atomic E-state index is 0.308. The SMILES string of the molecule is C#CCN(N)C1CCc2ccccc21. The average molecular weight is 186 g/mol. The summed E-state index contributed by atoms with van der Waals surface area (Å²) in [5, 5.41) is 1.76. The van der Waals surface area contributed by atoms with Crippen molar-refractivity contribution in [1.82, 2.24) is 5.01 Å². The Morgan fingerprint density at radius 3 is 3.07 bits per heavy atom. The monoisotopic (exact) mass is 186 g/mol. The highest BCUT2D eigenvalue weighted by Crippen LogP contribution is 2.33. The molecule has 0 aromatic heterocycles. The topological polar surface area (TPSA) is 29.3 Å². The molecule has 0 saturated carbocycles. The number of nitrogens with zero attached hydrogens (tertiary/aromatic N) is 1. The zero-order valence-electron chi connectivity index (χ0n) is 8.11. The summed E-state index contributed by atoms with van der Waals surface area (Å²) >= 11 is 0. The molecule has 0 radical (unpaired) electrons. The Morgan fingerprint density at radius 1 is 1.50 bits per heavy atom. The number of fused-ring (bicyclic) bond motifs is 1. The Kier molecular flexibility index (Phi) is 2.53. The molecule has 1 unspecified atom stereocenters. The van der Waals surface area contributed by atoms with Crippen molar-refractivity contribution in [2.45, 2.75) is 18.9 Å². The molecule has 0 aliphatic heterocycles. The highest BCUT2D eigenvalue weighted by atomic mass is 15.4. The maximum atomic E-state index is 5.90. The molecule has 2 nitrogen and oxygen atoms in total. The summed E-state index contributed by atoms with van der Waals surface area (Å²) in [5.74, 6) is 8.47. The molecule has 0 fully saturated rings. The molecule has 2 rings (SSSR count). The van der Waals surface area contributed by atoms with E-state index >= 15 is 0 Å². The van der Waals surface area contributed by atoms with Gasteiger partial charge in [0.05, 0.1) is 12.6 Å². The Bertz CT molecular complexity index is 365. The zero-order chi connectivity index (χ0) is 9.97. The number of hydrogen-bond donors (Lipinski definition) is 1. The molecule has 1 aromatic carbocycles. The average Bonchev–Trinajstić information content (AvgIpc) is 2.61. The van der Waals surface area contributed by atoms with Crippen LogP contribution in [0.5, 0.6) is 0 Å². The van der Waals surface area contributed by atoms with E-state index in [9.17, 15) is 0 Å². The van der Waals surface area contributed by atoms with Gasteiger partial charge < -0.3 is 0 Å². The minimum Gasteiger partial charge on any atom is -0.267 e. The van der Waals surface area contributed by atoms with Crippen LogP contribution in [0.25, 0.3) is 0 Å². The van der Waals surface area contributed by atoms with Gasteiger partial charge in [-0.05, 0) is 24.0 Å². The summed E-state index contributed by atoms with van der Waals surface area (Å²) in [6.45, 7) is 0.513. The number of hydrazine groups is 1. The van der Waals surface area contributed by atoms with Gasteiger partial charge in [0.2, 0.25) is 0 Å². The summed E-state index contributed by atoms with van der Waals surface area (Å²) in [6.07, 6.45) is 7.44. The van der Waals surface area contributed by atoms with Gasteiger partial charge in [0.15, 0.2) is 0 Å². The van der Waals surface area contributed by atoms with Crippen molar-refractivity contribution in [2.24, 2.45) is 5.84 Å². The van der Waals surface area contributed by atoms with Gasteiger partial charge in [-0.25, -0.2) is 5.01 Å². The van der Waals surface area contributed by atoms with Crippen LogP contribution >= 0.6 is 0 Å². The third-order valence-corrected chi connectivity index (χ3v) is 2.78. The zero-order valence-corrected chi connectivity index (χ0v) is 8.11. The second-order valence-electron chi connectivity index (χ2n) is 3.63. The Hall–Kier alpha value is -1.30. The van der Waals surface area contributed by atoms with Crippen molar-refractivity contribution in [1.29, 1.82) is 0 Å². The molecule has 1 aromatic rings. The van der Waals surface area contributed by atoms with E-state index in [-0.39, 0.29) is 0 Å². The standard InChI is InChI=1S/C12H14N2/c1-2-9-14(13)12-8-7-10-5-3-4-6-11(10)12/h1,3-6,12H,7-9,13H2. The molecule has 0 amide bonds. The predicted octanol–water partition coefficient (Wildman–Crippen LogP) is 1.48. The van der Waals surface area contributed by atoms with Crippen LogP contribution in [-0.4, -0.2) is 11.6 Å². The highest BCUT2D eigenvalue weighted by molar-refractivity contribution is 5.34. The molecule has 0 saturated heterocycles. The van der Waals surface area contributed by atoms with Crippen molar-refractivity contribution in [2.75, 3.05) is 6.54 Å². The van der Waals surface area contributed by atoms with E-state index in [2.05, 4.69) is 30.2 Å². The fourth-order valence-electron chi connectivity index (χ4n) is 2.09. The van der Waals surface area contributed by atoms with Crippen LogP contribution < -0.4 is 5.84 Å². The third-order valence-electron chi connectivity index (χ3n) is 2.78. The van der Waals surface area contributed by atoms with E-state index in [0.717, 1.165) is 12.8 Å². The van der Waals surface area contributed by atoms with Crippen LogP contribution in [0.3, 0.4) is 0 Å². The Balaban J connectivity index is 2.22. The normalized spacial score (nSPS) is 19.4. The van der Waals surface area contributed by atoms with E-state index in [1.807, 2.05) is 0 Å². The summed E-state index contributed by atoms with van der Waals surface area (Å²) in [7, 11) is 0. The molecule has 1 aliphatic rings. The van der Waals surface area contributed by atoms with Gasteiger partial charge in [0, 0.05) is 0 Å². The Labute approximate surface area is 84.7 Å². The number of aryl methyl sites for hydroxylation is 1. The predicted molar refractivity (Wildman–Crippen MR) is 57.2 cm³/mol. The first-order chi connectivity index (χ1) is 6.83. The molecule has 2 heteroatoms. The second-order valence-corrected chi connectivity index (χ2v) is 3.63. The smallest absolute Gasteiger partial charge is 0.0744 e. The molecular weight excluding hydrogens is 172 g/mol. The van der Waals surface area contributed by atoms with Gasteiger partial charge in [0.1, 0.15) is 0 Å². The van der Waals surface area contributed by atoms with E-state index in [1.54, 1.807) is 5.01 Å². The molecular formula is C12H14N2. The fraction of sp³-hybridized carbons (Fsp3) is 0.333. The lowest BCUT2D eigenvalue weighted by atomic mass is 10.1. The van der Waals surface area contributed by atoms with Crippen LogP contribution in [0.2, 0.25) is 0 Å². The largest absolute Gasteiger partial charge is 0.267 e. The van der Waals surface area contributed by atoms with Crippen LogP contribution in [0.4, 0.5) is 0 Å². The quantitative estimate of drug-likeness (QED) is 0.430. The van der Waals surface area contributed by atoms with Gasteiger partial charge in [-0.1, -0.05) is 30.2 Å². The second kappa shape index (κ2) is 3.83. The Morgan fingerprint density at radius 2 is 2.29 bits per heavy atom. The van der Waals surface area contributed by atoms with Gasteiger partial charge in [0.25, 0.3) is 0 Å². The van der Waals surface area contributed by atoms with Gasteiger partial charge in [-0.3, -0.25) is 5.84 Å². The van der Waals surface area contributed by atoms with Gasteiger partial charge in [-0.2, -0.15) is 0 Å². The number of benzene rings is 1. The van der Waals surface area contributed by atoms with Crippen molar-refractivity contribution in [3.63, 3.8) is 0 Å². The summed E-state index contributed by atoms with van der Waals surface area (Å²) in [4.78, 5) is 0.